The number of hydrogen-bond acceptors (Lipinski definition) is 6. The molecule has 5 aromatic rings. The average Bonchev–Trinajstić information content (AvgIpc) is 3.22. The van der Waals surface area contributed by atoms with Gasteiger partial charge in [0, 0.05) is 13.6 Å². The van der Waals surface area contributed by atoms with Crippen molar-refractivity contribution in [2.24, 2.45) is 7.05 Å². The predicted molar refractivity (Wildman–Crippen MR) is 121 cm³/mol. The van der Waals surface area contributed by atoms with Crippen molar-refractivity contribution in [3.05, 3.63) is 87.7 Å². The van der Waals surface area contributed by atoms with Gasteiger partial charge in [-0.1, -0.05) is 42.1 Å². The van der Waals surface area contributed by atoms with Gasteiger partial charge in [0.15, 0.2) is 5.16 Å². The number of aromatic nitrogens is 6. The number of hydrogen-bond donors (Lipinski definition) is 0. The third kappa shape index (κ3) is 3.05. The zero-order valence-electron chi connectivity index (χ0n) is 16.7. The van der Waals surface area contributed by atoms with Gasteiger partial charge in [0.1, 0.15) is 5.82 Å². The summed E-state index contributed by atoms with van der Waals surface area (Å²) in [4.78, 5) is 30.3. The van der Waals surface area contributed by atoms with Crippen molar-refractivity contribution in [1.29, 1.82) is 0 Å². The van der Waals surface area contributed by atoms with Crippen molar-refractivity contribution in [1.82, 2.24) is 28.7 Å². The molecule has 0 unspecified atom stereocenters. The van der Waals surface area contributed by atoms with E-state index in [2.05, 4.69) is 16.8 Å². The van der Waals surface area contributed by atoms with Crippen LogP contribution < -0.4 is 11.1 Å². The number of allylic oxidation sites excluding steroid dienone is 1. The number of thioether (sulfide) groups is 1. The highest BCUT2D eigenvalue weighted by Gasteiger charge is 2.16. The summed E-state index contributed by atoms with van der Waals surface area (Å²) >= 11 is 1.40. The number of aryl methyl sites for hydroxylation is 1. The highest BCUT2D eigenvalue weighted by molar-refractivity contribution is 7.98. The molecule has 0 spiro atoms. The molecule has 0 bridgehead atoms. The van der Waals surface area contributed by atoms with Crippen molar-refractivity contribution < 1.29 is 0 Å². The van der Waals surface area contributed by atoms with Crippen LogP contribution in [-0.2, 0) is 19.3 Å². The Balaban J connectivity index is 1.63. The van der Waals surface area contributed by atoms with Crippen LogP contribution in [0.5, 0.6) is 0 Å². The van der Waals surface area contributed by atoms with E-state index in [0.717, 1.165) is 5.52 Å². The second kappa shape index (κ2) is 7.51. The summed E-state index contributed by atoms with van der Waals surface area (Å²) in [5, 5.41) is 10.3. The Morgan fingerprint density at radius 3 is 2.55 bits per heavy atom. The van der Waals surface area contributed by atoms with E-state index in [1.807, 2.05) is 40.8 Å². The van der Waals surface area contributed by atoms with Crippen LogP contribution in [0.3, 0.4) is 0 Å². The molecule has 3 heterocycles. The summed E-state index contributed by atoms with van der Waals surface area (Å²) < 4.78 is 4.98. The van der Waals surface area contributed by atoms with E-state index in [9.17, 15) is 9.59 Å². The fourth-order valence-corrected chi connectivity index (χ4v) is 4.58. The zero-order valence-corrected chi connectivity index (χ0v) is 17.5. The van der Waals surface area contributed by atoms with Crippen LogP contribution >= 0.6 is 11.8 Å². The molecule has 0 amide bonds. The minimum absolute atomic E-state index is 0.105. The van der Waals surface area contributed by atoms with Gasteiger partial charge in [0.05, 0.1) is 27.6 Å². The predicted octanol–water partition coefficient (Wildman–Crippen LogP) is 2.77. The molecule has 0 aliphatic carbocycles. The van der Waals surface area contributed by atoms with Crippen molar-refractivity contribution in [3.8, 4) is 0 Å². The topological polar surface area (TPSA) is 87.1 Å². The van der Waals surface area contributed by atoms with Gasteiger partial charge in [-0.15, -0.1) is 16.8 Å². The highest BCUT2D eigenvalue weighted by Crippen LogP contribution is 2.23. The van der Waals surface area contributed by atoms with Gasteiger partial charge in [-0.05, 0) is 24.3 Å². The molecule has 8 nitrogen and oxygen atoms in total. The maximum Gasteiger partial charge on any atom is 0.262 e. The summed E-state index contributed by atoms with van der Waals surface area (Å²) in [5.74, 6) is 1.55. The summed E-state index contributed by atoms with van der Waals surface area (Å²) in [6.07, 6.45) is 1.68. The molecule has 0 aliphatic rings. The van der Waals surface area contributed by atoms with Gasteiger partial charge >= 0.3 is 0 Å². The molecule has 154 valence electrons. The van der Waals surface area contributed by atoms with E-state index >= 15 is 0 Å². The van der Waals surface area contributed by atoms with Crippen LogP contribution in [0.15, 0.2) is 75.9 Å². The van der Waals surface area contributed by atoms with Crippen LogP contribution in [0.4, 0.5) is 0 Å². The molecule has 0 N–H and O–H groups in total. The van der Waals surface area contributed by atoms with Gasteiger partial charge in [-0.25, -0.2) is 4.98 Å². The van der Waals surface area contributed by atoms with Crippen molar-refractivity contribution in [3.63, 3.8) is 0 Å². The van der Waals surface area contributed by atoms with Crippen LogP contribution in [-0.4, -0.2) is 28.7 Å². The van der Waals surface area contributed by atoms with Crippen LogP contribution in [0.25, 0.3) is 27.6 Å². The van der Waals surface area contributed by atoms with Crippen LogP contribution in [0, 0.1) is 0 Å². The van der Waals surface area contributed by atoms with E-state index in [4.69, 9.17) is 4.98 Å². The second-order valence-corrected chi connectivity index (χ2v) is 7.98. The molecular weight excluding hydrogens is 412 g/mol. The molecule has 9 heteroatoms. The first kappa shape index (κ1) is 19.3. The van der Waals surface area contributed by atoms with Crippen molar-refractivity contribution >= 4 is 39.3 Å². The van der Waals surface area contributed by atoms with E-state index in [1.165, 1.54) is 16.3 Å². The molecule has 0 atom stereocenters. The first-order chi connectivity index (χ1) is 15.1. The lowest BCUT2D eigenvalue weighted by Gasteiger charge is -2.11. The van der Waals surface area contributed by atoms with E-state index < -0.39 is 0 Å². The van der Waals surface area contributed by atoms with Crippen LogP contribution in [0.2, 0.25) is 0 Å². The molecule has 2 aromatic carbocycles. The largest absolute Gasteiger partial charge is 0.283 e. The fraction of sp³-hybridized carbons (Fsp3) is 0.136. The van der Waals surface area contributed by atoms with E-state index in [0.29, 0.717) is 45.3 Å². The average molecular weight is 430 g/mol. The molecular formula is C22H18N6O2S. The summed E-state index contributed by atoms with van der Waals surface area (Å²) in [7, 11) is 1.68. The molecule has 3 aromatic heterocycles. The number of nitrogens with zero attached hydrogens (tertiary/aromatic N) is 6. The van der Waals surface area contributed by atoms with Gasteiger partial charge in [-0.2, -0.15) is 0 Å². The number of benzene rings is 2. The zero-order chi connectivity index (χ0) is 21.5. The first-order valence-electron chi connectivity index (χ1n) is 9.65. The molecule has 0 fully saturated rings. The van der Waals surface area contributed by atoms with Gasteiger partial charge < -0.3 is 0 Å². The monoisotopic (exact) mass is 430 g/mol. The highest BCUT2D eigenvalue weighted by atomic mass is 32.2. The maximum absolute atomic E-state index is 13.0. The Labute approximate surface area is 180 Å². The molecule has 0 aliphatic heterocycles. The Bertz CT molecular complexity index is 1600. The molecule has 5 rings (SSSR count). The van der Waals surface area contributed by atoms with E-state index in [-0.39, 0.29) is 11.1 Å². The molecule has 0 radical (unpaired) electrons. The van der Waals surface area contributed by atoms with Gasteiger partial charge in [-0.3, -0.25) is 23.1 Å². The third-order valence-corrected chi connectivity index (χ3v) is 6.13. The van der Waals surface area contributed by atoms with Crippen molar-refractivity contribution in [2.45, 2.75) is 17.5 Å². The third-order valence-electron chi connectivity index (χ3n) is 5.16. The van der Waals surface area contributed by atoms with Gasteiger partial charge in [0.2, 0.25) is 5.78 Å². The number of fused-ring (bicyclic) bond motifs is 4. The summed E-state index contributed by atoms with van der Waals surface area (Å²) in [6.45, 7) is 4.12. The lowest BCUT2D eigenvalue weighted by molar-refractivity contribution is 0.671. The van der Waals surface area contributed by atoms with E-state index in [1.54, 1.807) is 29.8 Å². The lowest BCUT2D eigenvalue weighted by Crippen LogP contribution is -2.23. The number of para-hydroxylation sites is 2. The first-order valence-corrected chi connectivity index (χ1v) is 10.6. The molecule has 0 saturated heterocycles. The Morgan fingerprint density at radius 1 is 1.00 bits per heavy atom. The standard InChI is InChI=1S/C22H18N6O2S/c1-3-12-27-20(30)14-8-4-6-10-16(14)23-22(27)31-13-18-24-25-21-26(2)19(29)15-9-5-7-11-17(15)28(18)21/h3-11H,1,12-13H2,2H3. The summed E-state index contributed by atoms with van der Waals surface area (Å²) in [6, 6.07) is 14.7. The summed E-state index contributed by atoms with van der Waals surface area (Å²) in [5.41, 5.74) is 1.17. The minimum atomic E-state index is -0.120. The number of rotatable bonds is 5. The van der Waals surface area contributed by atoms with Gasteiger partial charge in [0.25, 0.3) is 11.1 Å². The Morgan fingerprint density at radius 2 is 1.74 bits per heavy atom. The fourth-order valence-electron chi connectivity index (χ4n) is 3.66. The van der Waals surface area contributed by atoms with Crippen LogP contribution in [0.1, 0.15) is 5.82 Å². The Kier molecular flexibility index (Phi) is 4.67. The second-order valence-electron chi connectivity index (χ2n) is 7.04. The lowest BCUT2D eigenvalue weighted by atomic mass is 10.2. The molecule has 31 heavy (non-hydrogen) atoms. The van der Waals surface area contributed by atoms with Crippen molar-refractivity contribution in [2.75, 3.05) is 0 Å². The Hall–Kier alpha value is -3.72. The minimum Gasteiger partial charge on any atom is -0.283 e. The SMILES string of the molecule is C=CCn1c(SCc2nnc3n(C)c(=O)c4ccccc4n23)nc2ccccc2c1=O. The normalized spacial score (nSPS) is 11.5. The maximum atomic E-state index is 13.0. The quantitative estimate of drug-likeness (QED) is 0.242. The molecule has 0 saturated carbocycles. The smallest absolute Gasteiger partial charge is 0.262 e.